The average molecular weight is 465 g/mol. The average Bonchev–Trinajstić information content (AvgIpc) is 3.21. The summed E-state index contributed by atoms with van der Waals surface area (Å²) in [7, 11) is 0. The summed E-state index contributed by atoms with van der Waals surface area (Å²) in [6.07, 6.45) is 3.01. The molecule has 0 bridgehead atoms. The van der Waals surface area contributed by atoms with Gasteiger partial charge in [0.2, 0.25) is 0 Å². The second kappa shape index (κ2) is 8.94. The Morgan fingerprint density at radius 1 is 1.09 bits per heavy atom. The molecule has 0 atom stereocenters. The number of nitrogens with zero attached hydrogens (tertiary/aromatic N) is 6. The van der Waals surface area contributed by atoms with Crippen LogP contribution < -0.4 is 9.80 Å². The van der Waals surface area contributed by atoms with E-state index >= 15 is 0 Å². The van der Waals surface area contributed by atoms with Crippen molar-refractivity contribution >= 4 is 39.0 Å². The minimum atomic E-state index is -0.203. The lowest BCUT2D eigenvalue weighted by atomic mass is 9.98. The van der Waals surface area contributed by atoms with Crippen molar-refractivity contribution in [3.63, 3.8) is 0 Å². The van der Waals surface area contributed by atoms with Crippen molar-refractivity contribution in [2.24, 2.45) is 5.92 Å². The van der Waals surface area contributed by atoms with E-state index in [-0.39, 0.29) is 17.6 Å². The number of halogens is 1. The molecule has 2 aliphatic heterocycles. The molecule has 1 aromatic carbocycles. The van der Waals surface area contributed by atoms with E-state index in [1.54, 1.807) is 12.4 Å². The predicted molar refractivity (Wildman–Crippen MR) is 127 cm³/mol. The number of thiophene rings is 1. The first-order chi connectivity index (χ1) is 16.1. The monoisotopic (exact) mass is 464 g/mol. The number of anilines is 2. The zero-order valence-electron chi connectivity index (χ0n) is 18.5. The van der Waals surface area contributed by atoms with Crippen LogP contribution in [0.4, 0.5) is 15.9 Å². The summed E-state index contributed by atoms with van der Waals surface area (Å²) in [6, 6.07) is 9.18. The van der Waals surface area contributed by atoms with E-state index in [0.717, 1.165) is 34.4 Å². The van der Waals surface area contributed by atoms with Crippen molar-refractivity contribution in [1.29, 1.82) is 5.26 Å². The Balaban J connectivity index is 1.37. The largest absolute Gasteiger partial charge is 0.366 e. The molecule has 2 aromatic heterocycles. The summed E-state index contributed by atoms with van der Waals surface area (Å²) in [6.45, 7) is 5.99. The summed E-state index contributed by atoms with van der Waals surface area (Å²) in [4.78, 5) is 29.9. The van der Waals surface area contributed by atoms with Crippen LogP contribution in [0.15, 0.2) is 30.6 Å². The molecule has 2 aliphatic rings. The Labute approximate surface area is 196 Å². The molecule has 0 unspecified atom stereocenters. The van der Waals surface area contributed by atoms with Gasteiger partial charge in [0.15, 0.2) is 0 Å². The van der Waals surface area contributed by atoms with Gasteiger partial charge in [-0.25, -0.2) is 14.4 Å². The third kappa shape index (κ3) is 4.00. The Morgan fingerprint density at radius 3 is 2.48 bits per heavy atom. The van der Waals surface area contributed by atoms with Gasteiger partial charge in [-0.15, -0.1) is 11.3 Å². The lowest BCUT2D eigenvalue weighted by Crippen LogP contribution is -2.47. The molecule has 0 saturated carbocycles. The molecule has 7 nitrogen and oxygen atoms in total. The molecule has 4 heterocycles. The topological polar surface area (TPSA) is 76.4 Å². The number of amides is 1. The van der Waals surface area contributed by atoms with E-state index in [4.69, 9.17) is 5.26 Å². The summed E-state index contributed by atoms with van der Waals surface area (Å²) in [5.41, 5.74) is 1.54. The van der Waals surface area contributed by atoms with E-state index in [1.807, 2.05) is 24.0 Å². The van der Waals surface area contributed by atoms with Crippen LogP contribution in [-0.4, -0.2) is 60.0 Å². The van der Waals surface area contributed by atoms with Gasteiger partial charge >= 0.3 is 0 Å². The van der Waals surface area contributed by atoms with Crippen LogP contribution in [0.3, 0.4) is 0 Å². The van der Waals surface area contributed by atoms with Crippen molar-refractivity contribution in [3.05, 3.63) is 46.9 Å². The smallest absolute Gasteiger partial charge is 0.264 e. The summed E-state index contributed by atoms with van der Waals surface area (Å²) in [5, 5.41) is 10.1. The van der Waals surface area contributed by atoms with Gasteiger partial charge < -0.3 is 14.7 Å². The number of piperazine rings is 1. The number of carbonyl (C=O) groups excluding carboxylic acids is 1. The van der Waals surface area contributed by atoms with E-state index in [0.29, 0.717) is 49.8 Å². The minimum Gasteiger partial charge on any atom is -0.366 e. The van der Waals surface area contributed by atoms with E-state index < -0.39 is 0 Å². The molecular formula is C24H25FN6OS. The van der Waals surface area contributed by atoms with Gasteiger partial charge in [-0.3, -0.25) is 4.79 Å². The molecule has 0 spiro atoms. The van der Waals surface area contributed by atoms with Gasteiger partial charge in [0, 0.05) is 45.2 Å². The summed E-state index contributed by atoms with van der Waals surface area (Å²) in [5.74, 6) is 0.690. The van der Waals surface area contributed by atoms with Crippen LogP contribution in [0.2, 0.25) is 0 Å². The lowest BCUT2D eigenvalue weighted by Gasteiger charge is -2.37. The maximum atomic E-state index is 14.2. The number of piperidine rings is 1. The maximum Gasteiger partial charge on any atom is 0.264 e. The van der Waals surface area contributed by atoms with Gasteiger partial charge in [-0.1, -0.05) is 12.1 Å². The highest BCUT2D eigenvalue weighted by Gasteiger charge is 2.29. The van der Waals surface area contributed by atoms with Crippen molar-refractivity contribution in [3.8, 4) is 6.07 Å². The second-order valence-electron chi connectivity index (χ2n) is 8.55. The predicted octanol–water partition coefficient (Wildman–Crippen LogP) is 3.84. The fourth-order valence-electron chi connectivity index (χ4n) is 4.72. The Kier molecular flexibility index (Phi) is 5.85. The zero-order chi connectivity index (χ0) is 22.9. The Bertz CT molecular complexity index is 1220. The molecule has 33 heavy (non-hydrogen) atoms. The van der Waals surface area contributed by atoms with Crippen molar-refractivity contribution < 1.29 is 9.18 Å². The molecule has 0 aliphatic carbocycles. The zero-order valence-corrected chi connectivity index (χ0v) is 19.3. The minimum absolute atomic E-state index is 0.0159. The molecule has 3 aromatic rings. The SMILES string of the molecule is Cc1c(C(=O)N2CCC(C#N)CC2)sc2ncnc(N3CCN(c4ccccc4F)CC3)c12. The van der Waals surface area contributed by atoms with Crippen molar-refractivity contribution in [2.75, 3.05) is 49.1 Å². The lowest BCUT2D eigenvalue weighted by molar-refractivity contribution is 0.0711. The number of likely N-dealkylation sites (tertiary alicyclic amines) is 1. The molecule has 5 rings (SSSR count). The molecule has 2 saturated heterocycles. The first-order valence-electron chi connectivity index (χ1n) is 11.2. The van der Waals surface area contributed by atoms with E-state index in [1.165, 1.54) is 17.4 Å². The van der Waals surface area contributed by atoms with Gasteiger partial charge in [-0.05, 0) is 37.5 Å². The number of hydrogen-bond acceptors (Lipinski definition) is 7. The normalized spacial score (nSPS) is 17.4. The molecule has 0 radical (unpaired) electrons. The summed E-state index contributed by atoms with van der Waals surface area (Å²) < 4.78 is 14.2. The van der Waals surface area contributed by atoms with Crippen LogP contribution in [-0.2, 0) is 0 Å². The van der Waals surface area contributed by atoms with Gasteiger partial charge in [0.25, 0.3) is 5.91 Å². The number of carbonyl (C=O) groups is 1. The van der Waals surface area contributed by atoms with Crippen LogP contribution in [0, 0.1) is 30.0 Å². The van der Waals surface area contributed by atoms with E-state index in [2.05, 4.69) is 25.8 Å². The third-order valence-corrected chi connectivity index (χ3v) is 7.83. The van der Waals surface area contributed by atoms with E-state index in [9.17, 15) is 9.18 Å². The first kappa shape index (κ1) is 21.6. The molecular weight excluding hydrogens is 439 g/mol. The van der Waals surface area contributed by atoms with Crippen LogP contribution in [0.1, 0.15) is 28.1 Å². The number of nitriles is 1. The summed E-state index contributed by atoms with van der Waals surface area (Å²) >= 11 is 1.42. The molecule has 2 fully saturated rings. The second-order valence-corrected chi connectivity index (χ2v) is 9.55. The maximum absolute atomic E-state index is 14.2. The van der Waals surface area contributed by atoms with Gasteiger partial charge in [0.05, 0.1) is 22.0 Å². The molecule has 9 heteroatoms. The van der Waals surface area contributed by atoms with Crippen molar-refractivity contribution in [1.82, 2.24) is 14.9 Å². The number of fused-ring (bicyclic) bond motifs is 1. The van der Waals surface area contributed by atoms with Crippen LogP contribution in [0.5, 0.6) is 0 Å². The molecule has 1 amide bonds. The fraction of sp³-hybridized carbons (Fsp3) is 0.417. The number of benzene rings is 1. The Hall–Kier alpha value is -3.25. The highest BCUT2D eigenvalue weighted by molar-refractivity contribution is 7.20. The van der Waals surface area contributed by atoms with Gasteiger partial charge in [0.1, 0.15) is 22.8 Å². The molecule has 170 valence electrons. The first-order valence-corrected chi connectivity index (χ1v) is 12.1. The number of rotatable bonds is 3. The number of hydrogen-bond donors (Lipinski definition) is 0. The Morgan fingerprint density at radius 2 is 1.79 bits per heavy atom. The van der Waals surface area contributed by atoms with Crippen molar-refractivity contribution in [2.45, 2.75) is 19.8 Å². The fourth-order valence-corrected chi connectivity index (χ4v) is 5.83. The van der Waals surface area contributed by atoms with Crippen LogP contribution >= 0.6 is 11.3 Å². The highest BCUT2D eigenvalue weighted by Crippen LogP contribution is 2.36. The quantitative estimate of drug-likeness (QED) is 0.586. The number of para-hydroxylation sites is 1. The van der Waals surface area contributed by atoms with Gasteiger partial charge in [-0.2, -0.15) is 5.26 Å². The number of aryl methyl sites for hydroxylation is 1. The number of aromatic nitrogens is 2. The highest BCUT2D eigenvalue weighted by atomic mass is 32.1. The standard InChI is InChI=1S/C24H25FN6OS/c1-16-20-22(30-12-10-29(11-13-30)19-5-3-2-4-18(19)25)27-15-28-23(20)33-21(16)24(32)31-8-6-17(14-26)7-9-31/h2-5,15,17H,6-13H2,1H3. The third-order valence-electron chi connectivity index (χ3n) is 6.64. The van der Waals surface area contributed by atoms with Crippen LogP contribution in [0.25, 0.3) is 10.2 Å². The molecule has 0 N–H and O–H groups in total.